The average Bonchev–Trinajstić information content (AvgIpc) is 2.11. The predicted octanol–water partition coefficient (Wildman–Crippen LogP) is 1.99. The zero-order valence-corrected chi connectivity index (χ0v) is 7.95. The molecule has 0 aliphatic heterocycles. The van der Waals surface area contributed by atoms with Crippen LogP contribution < -0.4 is 4.74 Å². The zero-order valence-electron chi connectivity index (χ0n) is 7.95. The van der Waals surface area contributed by atoms with E-state index in [4.69, 9.17) is 9.84 Å². The van der Waals surface area contributed by atoms with Crippen LogP contribution in [-0.2, 0) is 4.79 Å². The van der Waals surface area contributed by atoms with Gasteiger partial charge in [0.05, 0.1) is 0 Å². The maximum Gasteiger partial charge on any atom is 0.344 e. The monoisotopic (exact) mass is 198 g/mol. The minimum absolute atomic E-state index is 0.0279. The van der Waals surface area contributed by atoms with Crippen LogP contribution in [0.3, 0.4) is 0 Å². The summed E-state index contributed by atoms with van der Waals surface area (Å²) in [6, 6.07) is 4.31. The molecule has 1 unspecified atom stereocenters. The van der Waals surface area contributed by atoms with Gasteiger partial charge in [0.25, 0.3) is 0 Å². The van der Waals surface area contributed by atoms with Crippen molar-refractivity contribution in [1.82, 2.24) is 0 Å². The van der Waals surface area contributed by atoms with E-state index in [9.17, 15) is 9.18 Å². The highest BCUT2D eigenvalue weighted by Gasteiger charge is 2.14. The second-order valence-electron chi connectivity index (χ2n) is 3.03. The number of halogens is 1. The Morgan fingerprint density at radius 1 is 1.57 bits per heavy atom. The second kappa shape index (κ2) is 4.09. The first kappa shape index (κ1) is 10.5. The Morgan fingerprint density at radius 3 is 2.79 bits per heavy atom. The number of aryl methyl sites for hydroxylation is 1. The molecule has 0 aromatic heterocycles. The van der Waals surface area contributed by atoms with Crippen molar-refractivity contribution in [1.29, 1.82) is 0 Å². The summed E-state index contributed by atoms with van der Waals surface area (Å²) in [6.07, 6.45) is -1.05. The number of aliphatic carboxylic acids is 1. The van der Waals surface area contributed by atoms with Crippen molar-refractivity contribution in [2.75, 3.05) is 0 Å². The molecule has 1 aromatic rings. The highest BCUT2D eigenvalue weighted by Crippen LogP contribution is 2.19. The SMILES string of the molecule is Cc1ccc(F)c(OC(C)C(=O)O)c1. The number of hydrogen-bond donors (Lipinski definition) is 1. The van der Waals surface area contributed by atoms with Crippen LogP contribution in [0.25, 0.3) is 0 Å². The molecule has 0 radical (unpaired) electrons. The summed E-state index contributed by atoms with van der Waals surface area (Å²) in [5.41, 5.74) is 0.819. The maximum atomic E-state index is 13.1. The smallest absolute Gasteiger partial charge is 0.344 e. The van der Waals surface area contributed by atoms with Crippen molar-refractivity contribution in [3.8, 4) is 5.75 Å². The summed E-state index contributed by atoms with van der Waals surface area (Å²) < 4.78 is 18.0. The number of ether oxygens (including phenoxy) is 1. The fraction of sp³-hybridized carbons (Fsp3) is 0.300. The molecular formula is C10H11FO3. The Bertz CT molecular complexity index is 349. The van der Waals surface area contributed by atoms with Crippen molar-refractivity contribution in [2.24, 2.45) is 0 Å². The fourth-order valence-electron chi connectivity index (χ4n) is 0.942. The van der Waals surface area contributed by atoms with E-state index in [1.165, 1.54) is 19.1 Å². The predicted molar refractivity (Wildman–Crippen MR) is 48.9 cm³/mol. The Hall–Kier alpha value is -1.58. The van der Waals surface area contributed by atoms with Crippen LogP contribution in [0.4, 0.5) is 4.39 Å². The lowest BCUT2D eigenvalue weighted by Gasteiger charge is -2.11. The summed E-state index contributed by atoms with van der Waals surface area (Å²) in [6.45, 7) is 3.13. The summed E-state index contributed by atoms with van der Waals surface area (Å²) in [7, 11) is 0. The summed E-state index contributed by atoms with van der Waals surface area (Å²) >= 11 is 0. The minimum atomic E-state index is -1.12. The molecule has 0 amide bonds. The number of hydrogen-bond acceptors (Lipinski definition) is 2. The molecule has 0 bridgehead atoms. The molecule has 1 N–H and O–H groups in total. The molecule has 0 aliphatic rings. The van der Waals surface area contributed by atoms with Gasteiger partial charge in [-0.25, -0.2) is 9.18 Å². The van der Waals surface area contributed by atoms with Gasteiger partial charge in [0.1, 0.15) is 0 Å². The molecule has 1 aromatic carbocycles. The van der Waals surface area contributed by atoms with Crippen LogP contribution in [0.2, 0.25) is 0 Å². The Kier molecular flexibility index (Phi) is 3.06. The van der Waals surface area contributed by atoms with Crippen LogP contribution in [0.15, 0.2) is 18.2 Å². The molecule has 0 fully saturated rings. The van der Waals surface area contributed by atoms with Gasteiger partial charge < -0.3 is 9.84 Å². The largest absolute Gasteiger partial charge is 0.479 e. The topological polar surface area (TPSA) is 46.5 Å². The average molecular weight is 198 g/mol. The van der Waals surface area contributed by atoms with Crippen LogP contribution in [-0.4, -0.2) is 17.2 Å². The molecule has 0 saturated heterocycles. The molecule has 1 atom stereocenters. The second-order valence-corrected chi connectivity index (χ2v) is 3.03. The van der Waals surface area contributed by atoms with Gasteiger partial charge in [0.15, 0.2) is 17.7 Å². The summed E-state index contributed by atoms with van der Waals surface area (Å²) in [5.74, 6) is -1.70. The van der Waals surface area contributed by atoms with E-state index >= 15 is 0 Å². The standard InChI is InChI=1S/C10H11FO3/c1-6-3-4-8(11)9(5-6)14-7(2)10(12)13/h3-5,7H,1-2H3,(H,12,13). The molecule has 0 spiro atoms. The van der Waals surface area contributed by atoms with Gasteiger partial charge in [-0.15, -0.1) is 0 Å². The molecule has 3 nitrogen and oxygen atoms in total. The first-order valence-electron chi connectivity index (χ1n) is 4.16. The van der Waals surface area contributed by atoms with E-state index < -0.39 is 17.9 Å². The number of benzene rings is 1. The third-order valence-electron chi connectivity index (χ3n) is 1.74. The molecular weight excluding hydrogens is 187 g/mol. The van der Waals surface area contributed by atoms with Crippen molar-refractivity contribution in [3.63, 3.8) is 0 Å². The van der Waals surface area contributed by atoms with Gasteiger partial charge in [-0.3, -0.25) is 0 Å². The van der Waals surface area contributed by atoms with Gasteiger partial charge in [-0.05, 0) is 31.5 Å². The fourth-order valence-corrected chi connectivity index (χ4v) is 0.942. The summed E-state index contributed by atoms with van der Waals surface area (Å²) in [4.78, 5) is 10.5. The lowest BCUT2D eigenvalue weighted by molar-refractivity contribution is -0.144. The van der Waals surface area contributed by atoms with Gasteiger partial charge in [0, 0.05) is 0 Å². The van der Waals surface area contributed by atoms with Gasteiger partial charge >= 0.3 is 5.97 Å². The molecule has 0 saturated carbocycles. The highest BCUT2D eigenvalue weighted by molar-refractivity contribution is 5.72. The third kappa shape index (κ3) is 2.45. The molecule has 4 heteroatoms. The normalized spacial score (nSPS) is 12.2. The van der Waals surface area contributed by atoms with E-state index in [-0.39, 0.29) is 5.75 Å². The van der Waals surface area contributed by atoms with Crippen molar-refractivity contribution in [3.05, 3.63) is 29.6 Å². The zero-order chi connectivity index (χ0) is 10.7. The number of carboxylic acids is 1. The lowest BCUT2D eigenvalue weighted by atomic mass is 10.2. The van der Waals surface area contributed by atoms with E-state index in [1.54, 1.807) is 13.0 Å². The van der Waals surface area contributed by atoms with Gasteiger partial charge in [-0.1, -0.05) is 6.07 Å². The van der Waals surface area contributed by atoms with Gasteiger partial charge in [0.2, 0.25) is 0 Å². The Morgan fingerprint density at radius 2 is 2.21 bits per heavy atom. The van der Waals surface area contributed by atoms with Crippen LogP contribution >= 0.6 is 0 Å². The highest BCUT2D eigenvalue weighted by atomic mass is 19.1. The summed E-state index contributed by atoms with van der Waals surface area (Å²) in [5, 5.41) is 8.56. The Balaban J connectivity index is 2.85. The maximum absolute atomic E-state index is 13.1. The van der Waals surface area contributed by atoms with Crippen LogP contribution in [0.5, 0.6) is 5.75 Å². The van der Waals surface area contributed by atoms with Gasteiger partial charge in [-0.2, -0.15) is 0 Å². The first-order chi connectivity index (χ1) is 6.50. The molecule has 1 rings (SSSR count). The quantitative estimate of drug-likeness (QED) is 0.807. The van der Waals surface area contributed by atoms with Crippen molar-refractivity contribution < 1.29 is 19.0 Å². The molecule has 76 valence electrons. The molecule has 0 heterocycles. The molecule has 14 heavy (non-hydrogen) atoms. The third-order valence-corrected chi connectivity index (χ3v) is 1.74. The van der Waals surface area contributed by atoms with Crippen molar-refractivity contribution >= 4 is 5.97 Å². The number of carboxylic acid groups (broad SMARTS) is 1. The lowest BCUT2D eigenvalue weighted by Crippen LogP contribution is -2.23. The van der Waals surface area contributed by atoms with E-state index in [0.717, 1.165) is 5.56 Å². The van der Waals surface area contributed by atoms with E-state index in [0.29, 0.717) is 0 Å². The number of rotatable bonds is 3. The number of carbonyl (C=O) groups is 1. The van der Waals surface area contributed by atoms with E-state index in [1.807, 2.05) is 0 Å². The minimum Gasteiger partial charge on any atom is -0.479 e. The molecule has 0 aliphatic carbocycles. The van der Waals surface area contributed by atoms with Crippen LogP contribution in [0.1, 0.15) is 12.5 Å². The van der Waals surface area contributed by atoms with Crippen LogP contribution in [0, 0.1) is 12.7 Å². The van der Waals surface area contributed by atoms with E-state index in [2.05, 4.69) is 0 Å². The first-order valence-corrected chi connectivity index (χ1v) is 4.16. The Labute approximate surface area is 81.1 Å². The van der Waals surface area contributed by atoms with Crippen molar-refractivity contribution in [2.45, 2.75) is 20.0 Å².